The lowest BCUT2D eigenvalue weighted by Crippen LogP contribution is -2.17. The molecule has 3 heteroatoms. The first-order valence-electron chi connectivity index (χ1n) is 5.81. The molecule has 2 aromatic carbocycles. The summed E-state index contributed by atoms with van der Waals surface area (Å²) in [5.41, 5.74) is 3.60. The van der Waals surface area contributed by atoms with E-state index in [1.54, 1.807) is 0 Å². The molecule has 2 rings (SSSR count). The second-order valence-electron chi connectivity index (χ2n) is 4.21. The van der Waals surface area contributed by atoms with Gasteiger partial charge in [-0.2, -0.15) is 0 Å². The van der Waals surface area contributed by atoms with E-state index in [-0.39, 0.29) is 0 Å². The lowest BCUT2D eigenvalue weighted by molar-refractivity contribution is 0.917. The van der Waals surface area contributed by atoms with Crippen LogP contribution in [-0.4, -0.2) is 7.05 Å². The summed E-state index contributed by atoms with van der Waals surface area (Å²) in [6.07, 6.45) is 0. The van der Waals surface area contributed by atoms with Crippen molar-refractivity contribution in [3.63, 3.8) is 0 Å². The average Bonchev–Trinajstić information content (AvgIpc) is 2.39. The van der Waals surface area contributed by atoms with Gasteiger partial charge in [-0.05, 0) is 17.7 Å². The third kappa shape index (κ3) is 3.06. The monoisotopic (exact) mass is 323 g/mol. The fourth-order valence-corrected chi connectivity index (χ4v) is 2.97. The topological polar surface area (TPSA) is 3.24 Å². The number of hydrogen-bond donors (Lipinski definition) is 0. The molecule has 94 valence electrons. The first-order valence-corrected chi connectivity index (χ1v) is 7.30. The molecule has 0 spiro atoms. The molecular weight excluding hydrogens is 310 g/mol. The van der Waals surface area contributed by atoms with E-state index in [1.165, 1.54) is 11.3 Å². The summed E-state index contributed by atoms with van der Waals surface area (Å²) in [5, 5.41) is 1.57. The lowest BCUT2D eigenvalue weighted by atomic mass is 10.1. The number of rotatable bonds is 4. The Bertz CT molecular complexity index is 513. The molecular formula is C15H15BrClN. The van der Waals surface area contributed by atoms with E-state index in [0.717, 1.165) is 22.5 Å². The van der Waals surface area contributed by atoms with Gasteiger partial charge < -0.3 is 4.90 Å². The highest BCUT2D eigenvalue weighted by atomic mass is 79.9. The Morgan fingerprint density at radius 2 is 1.78 bits per heavy atom. The highest BCUT2D eigenvalue weighted by Gasteiger charge is 2.10. The van der Waals surface area contributed by atoms with Crippen LogP contribution in [0.5, 0.6) is 0 Å². The molecule has 0 saturated heterocycles. The Morgan fingerprint density at radius 1 is 1.06 bits per heavy atom. The molecule has 1 nitrogen and oxygen atoms in total. The van der Waals surface area contributed by atoms with Crippen LogP contribution >= 0.6 is 27.5 Å². The second-order valence-corrected chi connectivity index (χ2v) is 5.18. The minimum atomic E-state index is 0.765. The highest BCUT2D eigenvalue weighted by molar-refractivity contribution is 9.08. The quantitative estimate of drug-likeness (QED) is 0.725. The van der Waals surface area contributed by atoms with Crippen LogP contribution in [0.25, 0.3) is 0 Å². The minimum absolute atomic E-state index is 0.765. The molecule has 0 unspecified atom stereocenters. The van der Waals surface area contributed by atoms with Crippen molar-refractivity contribution in [2.45, 2.75) is 11.9 Å². The Morgan fingerprint density at radius 3 is 2.44 bits per heavy atom. The molecule has 0 aliphatic carbocycles. The fourth-order valence-electron chi connectivity index (χ4n) is 1.98. The van der Waals surface area contributed by atoms with Crippen molar-refractivity contribution in [2.24, 2.45) is 0 Å². The molecule has 0 aliphatic rings. The predicted octanol–water partition coefficient (Wildman–Crippen LogP) is 4.87. The van der Waals surface area contributed by atoms with Gasteiger partial charge in [-0.3, -0.25) is 0 Å². The van der Waals surface area contributed by atoms with Gasteiger partial charge in [0, 0.05) is 35.2 Å². The van der Waals surface area contributed by atoms with E-state index in [0.29, 0.717) is 0 Å². The van der Waals surface area contributed by atoms with E-state index >= 15 is 0 Å². The molecule has 0 heterocycles. The van der Waals surface area contributed by atoms with Crippen molar-refractivity contribution in [3.05, 3.63) is 64.7 Å². The van der Waals surface area contributed by atoms with E-state index in [2.05, 4.69) is 58.2 Å². The van der Waals surface area contributed by atoms with Crippen LogP contribution in [0.3, 0.4) is 0 Å². The zero-order valence-electron chi connectivity index (χ0n) is 10.2. The van der Waals surface area contributed by atoms with Crippen molar-refractivity contribution in [1.82, 2.24) is 0 Å². The zero-order chi connectivity index (χ0) is 13.0. The van der Waals surface area contributed by atoms with Crippen LogP contribution in [0.2, 0.25) is 5.02 Å². The van der Waals surface area contributed by atoms with Crippen LogP contribution < -0.4 is 4.90 Å². The largest absolute Gasteiger partial charge is 0.370 e. The second kappa shape index (κ2) is 6.26. The number of alkyl halides is 1. The zero-order valence-corrected chi connectivity index (χ0v) is 12.6. The molecule has 0 bridgehead atoms. The summed E-state index contributed by atoms with van der Waals surface area (Å²) >= 11 is 9.72. The van der Waals surface area contributed by atoms with Gasteiger partial charge in [-0.1, -0.05) is 63.9 Å². The van der Waals surface area contributed by atoms with Gasteiger partial charge in [0.25, 0.3) is 0 Å². The smallest absolute Gasteiger partial charge is 0.0467 e. The SMILES string of the molecule is CN(Cc1ccccc1)c1cccc(Cl)c1CBr. The Balaban J connectivity index is 2.24. The van der Waals surface area contributed by atoms with E-state index in [4.69, 9.17) is 11.6 Å². The molecule has 0 atom stereocenters. The van der Waals surface area contributed by atoms with Gasteiger partial charge in [0.15, 0.2) is 0 Å². The number of halogens is 2. The summed E-state index contributed by atoms with van der Waals surface area (Å²) in [5.74, 6) is 0. The lowest BCUT2D eigenvalue weighted by Gasteiger charge is -2.22. The van der Waals surface area contributed by atoms with Gasteiger partial charge in [0.1, 0.15) is 0 Å². The van der Waals surface area contributed by atoms with Crippen molar-refractivity contribution in [3.8, 4) is 0 Å². The summed E-state index contributed by atoms with van der Waals surface area (Å²) < 4.78 is 0. The molecule has 0 amide bonds. The van der Waals surface area contributed by atoms with Gasteiger partial charge in [0.05, 0.1) is 0 Å². The minimum Gasteiger partial charge on any atom is -0.370 e. The summed E-state index contributed by atoms with van der Waals surface area (Å²) in [6, 6.07) is 16.4. The Kier molecular flexibility index (Phi) is 4.67. The average molecular weight is 325 g/mol. The maximum absolute atomic E-state index is 6.22. The molecule has 2 aromatic rings. The molecule has 0 aromatic heterocycles. The number of benzene rings is 2. The molecule has 18 heavy (non-hydrogen) atoms. The van der Waals surface area contributed by atoms with Crippen LogP contribution in [0.1, 0.15) is 11.1 Å². The van der Waals surface area contributed by atoms with E-state index in [1.807, 2.05) is 18.2 Å². The maximum atomic E-state index is 6.22. The summed E-state index contributed by atoms with van der Waals surface area (Å²) in [6.45, 7) is 0.876. The van der Waals surface area contributed by atoms with Crippen molar-refractivity contribution in [1.29, 1.82) is 0 Å². The van der Waals surface area contributed by atoms with E-state index in [9.17, 15) is 0 Å². The first kappa shape index (κ1) is 13.4. The fraction of sp³-hybridized carbons (Fsp3) is 0.200. The molecule has 0 aliphatic heterocycles. The number of anilines is 1. The number of hydrogen-bond acceptors (Lipinski definition) is 1. The molecule has 0 N–H and O–H groups in total. The summed E-state index contributed by atoms with van der Waals surface area (Å²) in [7, 11) is 2.09. The van der Waals surface area contributed by atoms with Crippen molar-refractivity contribution in [2.75, 3.05) is 11.9 Å². The first-order chi connectivity index (χ1) is 8.72. The van der Waals surface area contributed by atoms with E-state index < -0.39 is 0 Å². The third-order valence-corrected chi connectivity index (χ3v) is 3.82. The third-order valence-electron chi connectivity index (χ3n) is 2.90. The van der Waals surface area contributed by atoms with Crippen LogP contribution in [0, 0.1) is 0 Å². The van der Waals surface area contributed by atoms with Gasteiger partial charge in [-0.15, -0.1) is 0 Å². The molecule has 0 radical (unpaired) electrons. The Hall–Kier alpha value is -0.990. The Labute approximate surface area is 122 Å². The maximum Gasteiger partial charge on any atom is 0.0467 e. The predicted molar refractivity (Wildman–Crippen MR) is 82.6 cm³/mol. The molecule has 0 saturated carbocycles. The summed E-state index contributed by atoms with van der Waals surface area (Å²) in [4.78, 5) is 2.22. The highest BCUT2D eigenvalue weighted by Crippen LogP contribution is 2.29. The van der Waals surface area contributed by atoms with Crippen LogP contribution in [-0.2, 0) is 11.9 Å². The van der Waals surface area contributed by atoms with Crippen molar-refractivity contribution >= 4 is 33.2 Å². The van der Waals surface area contributed by atoms with Gasteiger partial charge in [0.2, 0.25) is 0 Å². The van der Waals surface area contributed by atoms with Crippen LogP contribution in [0.15, 0.2) is 48.5 Å². The van der Waals surface area contributed by atoms with Crippen LogP contribution in [0.4, 0.5) is 5.69 Å². The number of nitrogens with zero attached hydrogens (tertiary/aromatic N) is 1. The normalized spacial score (nSPS) is 10.4. The standard InChI is InChI=1S/C15H15BrClN/c1-18(11-12-6-3-2-4-7-12)15-9-5-8-14(17)13(15)10-16/h2-9H,10-11H2,1H3. The molecule has 0 fully saturated rings. The van der Waals surface area contributed by atoms with Gasteiger partial charge >= 0.3 is 0 Å². The van der Waals surface area contributed by atoms with Gasteiger partial charge in [-0.25, -0.2) is 0 Å². The van der Waals surface area contributed by atoms with Crippen molar-refractivity contribution < 1.29 is 0 Å².